The van der Waals surface area contributed by atoms with Crippen LogP contribution < -0.4 is 15.4 Å². The summed E-state index contributed by atoms with van der Waals surface area (Å²) in [6, 6.07) is 7.17. The van der Waals surface area contributed by atoms with Gasteiger partial charge in [0.1, 0.15) is 17.9 Å². The van der Waals surface area contributed by atoms with E-state index in [4.69, 9.17) is 4.74 Å². The number of carbonyl (C=O) groups excluding carboxylic acids is 1. The SMILES string of the molecule is COc1ccc(NC(=O)CNCc2nncn2C)cc1. The molecule has 0 spiro atoms. The number of carbonyl (C=O) groups is 1. The van der Waals surface area contributed by atoms with Gasteiger partial charge in [0.15, 0.2) is 0 Å². The summed E-state index contributed by atoms with van der Waals surface area (Å²) in [5.74, 6) is 1.42. The molecular formula is C13H17N5O2. The molecule has 2 N–H and O–H groups in total. The number of hydrogen-bond donors (Lipinski definition) is 2. The van der Waals surface area contributed by atoms with Crippen LogP contribution in [0, 0.1) is 0 Å². The summed E-state index contributed by atoms with van der Waals surface area (Å²) in [6.07, 6.45) is 1.62. The molecule has 0 aliphatic rings. The lowest BCUT2D eigenvalue weighted by molar-refractivity contribution is -0.115. The zero-order valence-corrected chi connectivity index (χ0v) is 11.5. The van der Waals surface area contributed by atoms with Crippen LogP contribution in [0.1, 0.15) is 5.82 Å². The fourth-order valence-corrected chi connectivity index (χ4v) is 1.63. The number of hydrogen-bond acceptors (Lipinski definition) is 5. The maximum absolute atomic E-state index is 11.7. The zero-order valence-electron chi connectivity index (χ0n) is 11.5. The lowest BCUT2D eigenvalue weighted by atomic mass is 10.3. The number of aromatic nitrogens is 3. The van der Waals surface area contributed by atoms with E-state index in [9.17, 15) is 4.79 Å². The van der Waals surface area contributed by atoms with Gasteiger partial charge in [-0.05, 0) is 24.3 Å². The summed E-state index contributed by atoms with van der Waals surface area (Å²) in [7, 11) is 3.46. The van der Waals surface area contributed by atoms with Crippen molar-refractivity contribution < 1.29 is 9.53 Å². The lowest BCUT2D eigenvalue weighted by Crippen LogP contribution is -2.28. The van der Waals surface area contributed by atoms with Crippen molar-refractivity contribution in [1.82, 2.24) is 20.1 Å². The highest BCUT2D eigenvalue weighted by Gasteiger charge is 2.04. The molecule has 106 valence electrons. The molecule has 0 saturated carbocycles. The largest absolute Gasteiger partial charge is 0.497 e. The number of methoxy groups -OCH3 is 1. The van der Waals surface area contributed by atoms with E-state index < -0.39 is 0 Å². The number of aryl methyl sites for hydroxylation is 1. The summed E-state index contributed by atoms with van der Waals surface area (Å²) >= 11 is 0. The third kappa shape index (κ3) is 3.79. The van der Waals surface area contributed by atoms with Crippen LogP contribution in [0.4, 0.5) is 5.69 Å². The number of ether oxygens (including phenoxy) is 1. The van der Waals surface area contributed by atoms with Crippen molar-refractivity contribution in [1.29, 1.82) is 0 Å². The fraction of sp³-hybridized carbons (Fsp3) is 0.308. The van der Waals surface area contributed by atoms with Crippen molar-refractivity contribution in [2.24, 2.45) is 7.05 Å². The van der Waals surface area contributed by atoms with Gasteiger partial charge in [-0.15, -0.1) is 10.2 Å². The highest BCUT2D eigenvalue weighted by atomic mass is 16.5. The molecule has 1 aromatic carbocycles. The lowest BCUT2D eigenvalue weighted by Gasteiger charge is -2.07. The van der Waals surface area contributed by atoms with Gasteiger partial charge in [-0.1, -0.05) is 0 Å². The molecule has 0 bridgehead atoms. The van der Waals surface area contributed by atoms with Gasteiger partial charge in [-0.2, -0.15) is 0 Å². The summed E-state index contributed by atoms with van der Waals surface area (Å²) in [6.45, 7) is 0.700. The van der Waals surface area contributed by atoms with Crippen LogP contribution in [0.3, 0.4) is 0 Å². The monoisotopic (exact) mass is 275 g/mol. The molecule has 0 fully saturated rings. The topological polar surface area (TPSA) is 81.1 Å². The Hall–Kier alpha value is -2.41. The third-order valence-corrected chi connectivity index (χ3v) is 2.75. The molecule has 0 aliphatic carbocycles. The molecule has 0 radical (unpaired) electrons. The van der Waals surface area contributed by atoms with Crippen molar-refractivity contribution in [3.8, 4) is 5.75 Å². The fourth-order valence-electron chi connectivity index (χ4n) is 1.63. The Kier molecular flexibility index (Phi) is 4.67. The first kappa shape index (κ1) is 14.0. The van der Waals surface area contributed by atoms with Gasteiger partial charge < -0.3 is 19.9 Å². The number of benzene rings is 1. The summed E-state index contributed by atoms with van der Waals surface area (Å²) < 4.78 is 6.85. The second kappa shape index (κ2) is 6.67. The maximum Gasteiger partial charge on any atom is 0.238 e. The smallest absolute Gasteiger partial charge is 0.238 e. The number of anilines is 1. The van der Waals surface area contributed by atoms with E-state index in [-0.39, 0.29) is 12.5 Å². The van der Waals surface area contributed by atoms with Crippen molar-refractivity contribution in [2.75, 3.05) is 19.0 Å². The van der Waals surface area contributed by atoms with Crippen molar-refractivity contribution in [3.63, 3.8) is 0 Å². The van der Waals surface area contributed by atoms with E-state index in [2.05, 4.69) is 20.8 Å². The third-order valence-electron chi connectivity index (χ3n) is 2.75. The van der Waals surface area contributed by atoms with Gasteiger partial charge in [-0.25, -0.2) is 0 Å². The minimum Gasteiger partial charge on any atom is -0.497 e. The molecule has 0 unspecified atom stereocenters. The second-order valence-corrected chi connectivity index (χ2v) is 4.24. The molecule has 20 heavy (non-hydrogen) atoms. The van der Waals surface area contributed by atoms with E-state index in [1.54, 1.807) is 42.3 Å². The molecular weight excluding hydrogens is 258 g/mol. The standard InChI is InChI=1S/C13H17N5O2/c1-18-9-15-17-12(18)7-14-8-13(19)16-10-3-5-11(20-2)6-4-10/h3-6,9,14H,7-8H2,1-2H3,(H,16,19). The Morgan fingerprint density at radius 1 is 1.35 bits per heavy atom. The highest BCUT2D eigenvalue weighted by Crippen LogP contribution is 2.14. The maximum atomic E-state index is 11.7. The van der Waals surface area contributed by atoms with Crippen LogP contribution in [0.15, 0.2) is 30.6 Å². The Bertz CT molecular complexity index is 564. The first-order valence-corrected chi connectivity index (χ1v) is 6.16. The second-order valence-electron chi connectivity index (χ2n) is 4.24. The highest BCUT2D eigenvalue weighted by molar-refractivity contribution is 5.92. The Morgan fingerprint density at radius 3 is 2.70 bits per heavy atom. The number of rotatable bonds is 6. The Labute approximate surface area is 117 Å². The molecule has 7 nitrogen and oxygen atoms in total. The van der Waals surface area contributed by atoms with Gasteiger partial charge in [-0.3, -0.25) is 4.79 Å². The van der Waals surface area contributed by atoms with E-state index in [0.29, 0.717) is 6.54 Å². The minimum atomic E-state index is -0.114. The number of nitrogens with zero attached hydrogens (tertiary/aromatic N) is 3. The minimum absolute atomic E-state index is 0.114. The van der Waals surface area contributed by atoms with E-state index in [1.807, 2.05) is 7.05 Å². The van der Waals surface area contributed by atoms with E-state index in [0.717, 1.165) is 17.3 Å². The molecule has 1 heterocycles. The molecule has 0 atom stereocenters. The molecule has 7 heteroatoms. The van der Waals surface area contributed by atoms with Gasteiger partial charge in [0, 0.05) is 12.7 Å². The van der Waals surface area contributed by atoms with Gasteiger partial charge in [0.2, 0.25) is 5.91 Å². The Balaban J connectivity index is 1.76. The quantitative estimate of drug-likeness (QED) is 0.804. The van der Waals surface area contributed by atoms with Gasteiger partial charge in [0.05, 0.1) is 20.2 Å². The Morgan fingerprint density at radius 2 is 2.10 bits per heavy atom. The first-order chi connectivity index (χ1) is 9.69. The molecule has 1 aromatic heterocycles. The van der Waals surface area contributed by atoms with E-state index >= 15 is 0 Å². The van der Waals surface area contributed by atoms with Crippen molar-refractivity contribution in [3.05, 3.63) is 36.4 Å². The number of nitrogens with one attached hydrogen (secondary N) is 2. The number of amides is 1. The van der Waals surface area contributed by atoms with Crippen LogP contribution in [0.2, 0.25) is 0 Å². The molecule has 2 aromatic rings. The molecule has 0 aliphatic heterocycles. The summed E-state index contributed by atoms with van der Waals surface area (Å²) in [5, 5.41) is 13.5. The van der Waals surface area contributed by atoms with Gasteiger partial charge in [0.25, 0.3) is 0 Å². The van der Waals surface area contributed by atoms with Crippen molar-refractivity contribution in [2.45, 2.75) is 6.54 Å². The van der Waals surface area contributed by atoms with Gasteiger partial charge >= 0.3 is 0 Å². The van der Waals surface area contributed by atoms with Crippen LogP contribution in [0.5, 0.6) is 5.75 Å². The van der Waals surface area contributed by atoms with Crippen LogP contribution in [0.25, 0.3) is 0 Å². The molecule has 1 amide bonds. The van der Waals surface area contributed by atoms with Crippen molar-refractivity contribution >= 4 is 11.6 Å². The van der Waals surface area contributed by atoms with Crippen LogP contribution in [-0.4, -0.2) is 34.3 Å². The molecule has 0 saturated heterocycles. The van der Waals surface area contributed by atoms with Crippen LogP contribution >= 0.6 is 0 Å². The normalized spacial score (nSPS) is 10.3. The molecule has 2 rings (SSSR count). The predicted molar refractivity (Wildman–Crippen MR) is 74.3 cm³/mol. The average Bonchev–Trinajstić information content (AvgIpc) is 2.85. The predicted octanol–water partition coefficient (Wildman–Crippen LogP) is 0.552. The summed E-state index contributed by atoms with van der Waals surface area (Å²) in [5.41, 5.74) is 0.733. The first-order valence-electron chi connectivity index (χ1n) is 6.16. The zero-order chi connectivity index (χ0) is 14.4. The summed E-state index contributed by atoms with van der Waals surface area (Å²) in [4.78, 5) is 11.7. The van der Waals surface area contributed by atoms with Crippen LogP contribution in [-0.2, 0) is 18.4 Å². The average molecular weight is 275 g/mol. The van der Waals surface area contributed by atoms with E-state index in [1.165, 1.54) is 0 Å².